The average Bonchev–Trinajstić information content (AvgIpc) is 2.88. The van der Waals surface area contributed by atoms with Gasteiger partial charge >= 0.3 is 5.97 Å². The SMILES string of the molecule is CC(=O)c1c(C)[nH]c(C(=O)OCC(=O)Nc2ccc(SC(F)F)cc2)c1C. The normalized spacial score (nSPS) is 10.7. The number of Topliss-reactive ketones (excluding diaryl/α,β-unsaturated/α-hetero) is 1. The number of aromatic amines is 1. The van der Waals surface area contributed by atoms with Crippen molar-refractivity contribution in [2.75, 3.05) is 11.9 Å². The van der Waals surface area contributed by atoms with Crippen molar-refractivity contribution < 1.29 is 27.9 Å². The van der Waals surface area contributed by atoms with E-state index in [1.165, 1.54) is 31.2 Å². The van der Waals surface area contributed by atoms with E-state index >= 15 is 0 Å². The maximum atomic E-state index is 12.3. The molecule has 6 nitrogen and oxygen atoms in total. The molecule has 1 heterocycles. The van der Waals surface area contributed by atoms with Gasteiger partial charge in [0.2, 0.25) is 0 Å². The lowest BCUT2D eigenvalue weighted by Gasteiger charge is -2.07. The zero-order valence-corrected chi connectivity index (χ0v) is 15.7. The number of ether oxygens (including phenoxy) is 1. The van der Waals surface area contributed by atoms with E-state index in [1.807, 2.05) is 0 Å². The highest BCUT2D eigenvalue weighted by atomic mass is 32.2. The third-order valence-corrected chi connectivity index (χ3v) is 4.41. The molecule has 0 aliphatic rings. The maximum absolute atomic E-state index is 12.3. The summed E-state index contributed by atoms with van der Waals surface area (Å²) in [7, 11) is 0. The second-order valence-electron chi connectivity index (χ2n) is 5.71. The van der Waals surface area contributed by atoms with Crippen LogP contribution in [0.4, 0.5) is 14.5 Å². The van der Waals surface area contributed by atoms with Gasteiger partial charge in [-0.25, -0.2) is 4.79 Å². The van der Waals surface area contributed by atoms with Crippen LogP contribution in [0.1, 0.15) is 39.0 Å². The van der Waals surface area contributed by atoms with Crippen LogP contribution < -0.4 is 5.32 Å². The van der Waals surface area contributed by atoms with E-state index in [0.717, 1.165) is 0 Å². The van der Waals surface area contributed by atoms with Gasteiger partial charge in [-0.3, -0.25) is 9.59 Å². The zero-order valence-electron chi connectivity index (χ0n) is 14.9. The Balaban J connectivity index is 1.93. The largest absolute Gasteiger partial charge is 0.451 e. The molecule has 9 heteroatoms. The van der Waals surface area contributed by atoms with Gasteiger partial charge < -0.3 is 15.0 Å². The molecular weight excluding hydrogens is 378 g/mol. The van der Waals surface area contributed by atoms with Crippen LogP contribution in [0, 0.1) is 13.8 Å². The minimum absolute atomic E-state index is 0.124. The van der Waals surface area contributed by atoms with Crippen molar-refractivity contribution in [1.29, 1.82) is 0 Å². The number of H-pyrrole nitrogens is 1. The van der Waals surface area contributed by atoms with Crippen LogP contribution >= 0.6 is 11.8 Å². The number of aromatic nitrogens is 1. The van der Waals surface area contributed by atoms with E-state index in [9.17, 15) is 23.2 Å². The van der Waals surface area contributed by atoms with E-state index in [-0.39, 0.29) is 11.5 Å². The molecule has 0 aliphatic heterocycles. The monoisotopic (exact) mass is 396 g/mol. The Morgan fingerprint density at radius 3 is 2.33 bits per heavy atom. The Kier molecular flexibility index (Phi) is 6.73. The topological polar surface area (TPSA) is 88.3 Å². The number of aryl methyl sites for hydroxylation is 1. The lowest BCUT2D eigenvalue weighted by molar-refractivity contribution is -0.119. The van der Waals surface area contributed by atoms with E-state index in [2.05, 4.69) is 10.3 Å². The van der Waals surface area contributed by atoms with Gasteiger partial charge in [-0.1, -0.05) is 11.8 Å². The van der Waals surface area contributed by atoms with E-state index in [1.54, 1.807) is 13.8 Å². The van der Waals surface area contributed by atoms with E-state index in [0.29, 0.717) is 39.2 Å². The number of ketones is 1. The number of anilines is 1. The van der Waals surface area contributed by atoms with Gasteiger partial charge in [-0.2, -0.15) is 8.78 Å². The van der Waals surface area contributed by atoms with Crippen molar-refractivity contribution >= 4 is 35.1 Å². The number of carbonyl (C=O) groups excluding carboxylic acids is 3. The summed E-state index contributed by atoms with van der Waals surface area (Å²) in [6.07, 6.45) is 0. The maximum Gasteiger partial charge on any atom is 0.355 e. The Bertz CT molecular complexity index is 863. The van der Waals surface area contributed by atoms with Crippen LogP contribution in [-0.2, 0) is 9.53 Å². The summed E-state index contributed by atoms with van der Waals surface area (Å²) in [5.74, 6) is -4.02. The van der Waals surface area contributed by atoms with Crippen LogP contribution in [0.5, 0.6) is 0 Å². The molecule has 0 atom stereocenters. The van der Waals surface area contributed by atoms with Gasteiger partial charge in [-0.05, 0) is 50.6 Å². The summed E-state index contributed by atoms with van der Waals surface area (Å²) < 4.78 is 29.5. The Morgan fingerprint density at radius 1 is 1.19 bits per heavy atom. The van der Waals surface area contributed by atoms with Gasteiger partial charge in [0.05, 0.1) is 0 Å². The van der Waals surface area contributed by atoms with Crippen LogP contribution in [0.3, 0.4) is 0 Å². The standard InChI is InChI=1S/C18H18F2N2O4S/c1-9-15(11(3)23)10(2)21-16(9)17(25)26-8-14(24)22-12-4-6-13(7-5-12)27-18(19)20/h4-7,18,21H,8H2,1-3H3,(H,22,24). The molecular formula is C18H18F2N2O4S. The van der Waals surface area contributed by atoms with Crippen LogP contribution in [0.2, 0.25) is 0 Å². The first-order valence-electron chi connectivity index (χ1n) is 7.91. The molecule has 0 spiro atoms. The molecule has 1 amide bonds. The predicted molar refractivity (Wildman–Crippen MR) is 97.5 cm³/mol. The number of hydrogen-bond donors (Lipinski definition) is 2. The van der Waals surface area contributed by atoms with Crippen molar-refractivity contribution in [3.8, 4) is 0 Å². The molecule has 0 fully saturated rings. The fourth-order valence-electron chi connectivity index (χ4n) is 2.60. The van der Waals surface area contributed by atoms with Gasteiger partial charge in [0.1, 0.15) is 5.69 Å². The second-order valence-corrected chi connectivity index (χ2v) is 6.77. The van der Waals surface area contributed by atoms with Gasteiger partial charge in [0.15, 0.2) is 12.4 Å². The minimum atomic E-state index is -2.52. The molecule has 0 unspecified atom stereocenters. The van der Waals surface area contributed by atoms with Gasteiger partial charge in [0.25, 0.3) is 11.7 Å². The summed E-state index contributed by atoms with van der Waals surface area (Å²) >= 11 is 0.401. The lowest BCUT2D eigenvalue weighted by atomic mass is 10.1. The van der Waals surface area contributed by atoms with Crippen LogP contribution in [-0.4, -0.2) is 35.0 Å². The average molecular weight is 396 g/mol. The lowest BCUT2D eigenvalue weighted by Crippen LogP contribution is -2.21. The number of alkyl halides is 2. The van der Waals surface area contributed by atoms with Crippen molar-refractivity contribution in [2.45, 2.75) is 31.4 Å². The first kappa shape index (κ1) is 20.6. The van der Waals surface area contributed by atoms with Gasteiger partial charge in [-0.15, -0.1) is 0 Å². The number of carbonyl (C=O) groups is 3. The van der Waals surface area contributed by atoms with Crippen molar-refractivity contribution in [3.63, 3.8) is 0 Å². The summed E-state index contributed by atoms with van der Waals surface area (Å²) in [4.78, 5) is 38.8. The minimum Gasteiger partial charge on any atom is -0.451 e. The highest BCUT2D eigenvalue weighted by Crippen LogP contribution is 2.26. The summed E-state index contributed by atoms with van der Waals surface area (Å²) in [6.45, 7) is 4.16. The smallest absolute Gasteiger partial charge is 0.355 e. The van der Waals surface area contributed by atoms with Crippen molar-refractivity contribution in [3.05, 3.63) is 46.8 Å². The molecule has 144 valence electrons. The number of amides is 1. The zero-order chi connectivity index (χ0) is 20.1. The number of halogens is 2. The number of hydrogen-bond acceptors (Lipinski definition) is 5. The second kappa shape index (κ2) is 8.81. The Labute approximate surface area is 158 Å². The Hall–Kier alpha value is -2.68. The molecule has 1 aromatic carbocycles. The molecule has 2 aromatic rings. The number of esters is 1. The summed E-state index contributed by atoms with van der Waals surface area (Å²) in [6, 6.07) is 5.85. The van der Waals surface area contributed by atoms with Crippen molar-refractivity contribution in [2.24, 2.45) is 0 Å². The third-order valence-electron chi connectivity index (χ3n) is 3.69. The van der Waals surface area contributed by atoms with Crippen LogP contribution in [0.25, 0.3) is 0 Å². The number of thioether (sulfide) groups is 1. The summed E-state index contributed by atoms with van der Waals surface area (Å²) in [5.41, 5.74) is 1.96. The number of benzene rings is 1. The van der Waals surface area contributed by atoms with E-state index < -0.39 is 24.2 Å². The fourth-order valence-corrected chi connectivity index (χ4v) is 3.10. The Morgan fingerprint density at radius 2 is 1.81 bits per heavy atom. The molecule has 2 rings (SSSR count). The molecule has 0 saturated heterocycles. The molecule has 0 bridgehead atoms. The molecule has 2 N–H and O–H groups in total. The molecule has 0 aliphatic carbocycles. The highest BCUT2D eigenvalue weighted by molar-refractivity contribution is 7.99. The summed E-state index contributed by atoms with van der Waals surface area (Å²) in [5, 5.41) is 2.50. The third kappa shape index (κ3) is 5.40. The molecule has 0 radical (unpaired) electrons. The fraction of sp³-hybridized carbons (Fsp3) is 0.278. The van der Waals surface area contributed by atoms with E-state index in [4.69, 9.17) is 4.74 Å². The van der Waals surface area contributed by atoms with Crippen LogP contribution in [0.15, 0.2) is 29.2 Å². The quantitative estimate of drug-likeness (QED) is 0.420. The first-order valence-corrected chi connectivity index (χ1v) is 8.79. The molecule has 0 saturated carbocycles. The highest BCUT2D eigenvalue weighted by Gasteiger charge is 2.21. The number of rotatable bonds is 7. The molecule has 1 aromatic heterocycles. The van der Waals surface area contributed by atoms with Gasteiger partial charge in [0, 0.05) is 21.8 Å². The first-order chi connectivity index (χ1) is 12.7. The predicted octanol–water partition coefficient (Wildman–Crippen LogP) is 3.94. The molecule has 27 heavy (non-hydrogen) atoms. The number of nitrogens with one attached hydrogen (secondary N) is 2. The van der Waals surface area contributed by atoms with Crippen molar-refractivity contribution in [1.82, 2.24) is 4.98 Å².